The molecule has 0 aliphatic heterocycles. The Bertz CT molecular complexity index is 652. The maximum atomic E-state index is 12.4. The highest BCUT2D eigenvalue weighted by atomic mass is 35.5. The van der Waals surface area contributed by atoms with Crippen LogP contribution in [0.2, 0.25) is 5.02 Å². The number of carbonyl (C=O) groups is 1. The van der Waals surface area contributed by atoms with Gasteiger partial charge in [-0.05, 0) is 42.7 Å². The van der Waals surface area contributed by atoms with E-state index in [2.05, 4.69) is 29.0 Å². The molecule has 0 saturated heterocycles. The standard InChI is InChI=1S/C19H24ClN3O/c1-3-11-23(12-4-2)18-13-16(9-10-21-18)19(24)22-14-15-5-7-17(20)8-6-15/h5-10,13H,3-4,11-12,14H2,1-2H3,(H,22,24). The normalized spacial score (nSPS) is 10.5. The second-order valence-electron chi connectivity index (χ2n) is 5.70. The summed E-state index contributed by atoms with van der Waals surface area (Å²) in [6, 6.07) is 11.1. The molecule has 1 aromatic heterocycles. The summed E-state index contributed by atoms with van der Waals surface area (Å²) in [5.41, 5.74) is 1.65. The number of carbonyl (C=O) groups excluding carboxylic acids is 1. The predicted octanol–water partition coefficient (Wildman–Crippen LogP) is 4.29. The molecule has 0 aliphatic carbocycles. The highest BCUT2D eigenvalue weighted by Crippen LogP contribution is 2.14. The van der Waals surface area contributed by atoms with Crippen LogP contribution >= 0.6 is 11.6 Å². The van der Waals surface area contributed by atoms with Gasteiger partial charge in [0, 0.05) is 36.4 Å². The number of rotatable bonds is 8. The molecule has 2 aromatic rings. The zero-order valence-corrected chi connectivity index (χ0v) is 15.0. The molecule has 0 aliphatic rings. The molecular weight excluding hydrogens is 322 g/mol. The smallest absolute Gasteiger partial charge is 0.251 e. The van der Waals surface area contributed by atoms with Crippen LogP contribution in [0.4, 0.5) is 5.82 Å². The summed E-state index contributed by atoms with van der Waals surface area (Å²) >= 11 is 5.87. The van der Waals surface area contributed by atoms with E-state index < -0.39 is 0 Å². The molecule has 4 nitrogen and oxygen atoms in total. The van der Waals surface area contributed by atoms with Crippen LogP contribution in [-0.2, 0) is 6.54 Å². The van der Waals surface area contributed by atoms with Crippen molar-refractivity contribution >= 4 is 23.3 Å². The second kappa shape index (κ2) is 9.28. The third-order valence-corrected chi connectivity index (χ3v) is 3.94. The summed E-state index contributed by atoms with van der Waals surface area (Å²) in [6.07, 6.45) is 3.80. The molecule has 0 unspecified atom stereocenters. The first kappa shape index (κ1) is 18.3. The quantitative estimate of drug-likeness (QED) is 0.776. The van der Waals surface area contributed by atoms with Gasteiger partial charge in [0.25, 0.3) is 5.91 Å². The van der Waals surface area contributed by atoms with Gasteiger partial charge in [0.05, 0.1) is 0 Å². The third-order valence-electron chi connectivity index (χ3n) is 3.69. The van der Waals surface area contributed by atoms with Crippen LogP contribution in [0.15, 0.2) is 42.6 Å². The van der Waals surface area contributed by atoms with E-state index in [1.165, 1.54) is 0 Å². The number of nitrogens with one attached hydrogen (secondary N) is 1. The van der Waals surface area contributed by atoms with E-state index in [0.29, 0.717) is 17.1 Å². The van der Waals surface area contributed by atoms with Crippen LogP contribution in [0.3, 0.4) is 0 Å². The van der Waals surface area contributed by atoms with E-state index in [1.807, 2.05) is 30.3 Å². The number of halogens is 1. The first-order valence-electron chi connectivity index (χ1n) is 8.37. The summed E-state index contributed by atoms with van der Waals surface area (Å²) in [5.74, 6) is 0.763. The molecule has 0 bridgehead atoms. The Morgan fingerprint density at radius 3 is 2.42 bits per heavy atom. The molecule has 0 radical (unpaired) electrons. The average molecular weight is 346 g/mol. The molecule has 1 heterocycles. The highest BCUT2D eigenvalue weighted by molar-refractivity contribution is 6.30. The molecule has 5 heteroatoms. The second-order valence-corrected chi connectivity index (χ2v) is 6.14. The first-order valence-corrected chi connectivity index (χ1v) is 8.75. The van der Waals surface area contributed by atoms with Crippen LogP contribution in [0.5, 0.6) is 0 Å². The average Bonchev–Trinajstić information content (AvgIpc) is 2.61. The minimum absolute atomic E-state index is 0.0958. The van der Waals surface area contributed by atoms with Gasteiger partial charge in [0.15, 0.2) is 0 Å². The number of nitrogens with zero attached hydrogens (tertiary/aromatic N) is 2. The molecule has 0 fully saturated rings. The van der Waals surface area contributed by atoms with E-state index >= 15 is 0 Å². The Morgan fingerprint density at radius 2 is 1.79 bits per heavy atom. The van der Waals surface area contributed by atoms with Crippen LogP contribution in [0.25, 0.3) is 0 Å². The van der Waals surface area contributed by atoms with Crippen molar-refractivity contribution < 1.29 is 4.79 Å². The number of amides is 1. The number of hydrogen-bond acceptors (Lipinski definition) is 3. The molecule has 2 rings (SSSR count). The van der Waals surface area contributed by atoms with Crippen molar-refractivity contribution in [1.82, 2.24) is 10.3 Å². The van der Waals surface area contributed by atoms with Crippen molar-refractivity contribution in [3.63, 3.8) is 0 Å². The summed E-state index contributed by atoms with van der Waals surface area (Å²) in [4.78, 5) is 19.0. The van der Waals surface area contributed by atoms with Gasteiger partial charge in [0.1, 0.15) is 5.82 Å². The molecule has 24 heavy (non-hydrogen) atoms. The molecule has 0 saturated carbocycles. The SMILES string of the molecule is CCCN(CCC)c1cc(C(=O)NCc2ccc(Cl)cc2)ccn1. The number of aromatic nitrogens is 1. The van der Waals surface area contributed by atoms with Crippen molar-refractivity contribution in [2.45, 2.75) is 33.2 Å². The van der Waals surface area contributed by atoms with Gasteiger partial charge in [-0.1, -0.05) is 37.6 Å². The molecule has 0 atom stereocenters. The Hall–Kier alpha value is -2.07. The Balaban J connectivity index is 2.03. The fraction of sp³-hybridized carbons (Fsp3) is 0.368. The van der Waals surface area contributed by atoms with Gasteiger partial charge >= 0.3 is 0 Å². The van der Waals surface area contributed by atoms with Crippen molar-refractivity contribution in [2.24, 2.45) is 0 Å². The van der Waals surface area contributed by atoms with E-state index in [9.17, 15) is 4.79 Å². The number of pyridine rings is 1. The zero-order chi connectivity index (χ0) is 17.4. The fourth-order valence-electron chi connectivity index (χ4n) is 2.50. The number of hydrogen-bond donors (Lipinski definition) is 1. The molecule has 1 amide bonds. The molecule has 0 spiro atoms. The van der Waals surface area contributed by atoms with E-state index in [0.717, 1.165) is 37.3 Å². The number of benzene rings is 1. The minimum Gasteiger partial charge on any atom is -0.357 e. The van der Waals surface area contributed by atoms with Crippen LogP contribution in [0, 0.1) is 0 Å². The number of anilines is 1. The molecule has 1 aromatic carbocycles. The first-order chi connectivity index (χ1) is 11.6. The lowest BCUT2D eigenvalue weighted by atomic mass is 10.2. The maximum Gasteiger partial charge on any atom is 0.251 e. The Morgan fingerprint density at radius 1 is 1.12 bits per heavy atom. The lowest BCUT2D eigenvalue weighted by Gasteiger charge is -2.22. The molecular formula is C19H24ClN3O. The van der Waals surface area contributed by atoms with Crippen molar-refractivity contribution in [3.05, 3.63) is 58.7 Å². The van der Waals surface area contributed by atoms with Gasteiger partial charge in [0.2, 0.25) is 0 Å². The minimum atomic E-state index is -0.0958. The Kier molecular flexibility index (Phi) is 7.07. The van der Waals surface area contributed by atoms with Crippen LogP contribution in [-0.4, -0.2) is 24.0 Å². The van der Waals surface area contributed by atoms with E-state index in [1.54, 1.807) is 12.3 Å². The van der Waals surface area contributed by atoms with Crippen molar-refractivity contribution in [1.29, 1.82) is 0 Å². The summed E-state index contributed by atoms with van der Waals surface area (Å²) < 4.78 is 0. The summed E-state index contributed by atoms with van der Waals surface area (Å²) in [5, 5.41) is 3.63. The van der Waals surface area contributed by atoms with Crippen LogP contribution < -0.4 is 10.2 Å². The van der Waals surface area contributed by atoms with Gasteiger partial charge in [-0.2, -0.15) is 0 Å². The van der Waals surface area contributed by atoms with Crippen LogP contribution in [0.1, 0.15) is 42.6 Å². The predicted molar refractivity (Wildman–Crippen MR) is 99.7 cm³/mol. The molecule has 128 valence electrons. The highest BCUT2D eigenvalue weighted by Gasteiger charge is 2.11. The third kappa shape index (κ3) is 5.24. The van der Waals surface area contributed by atoms with E-state index in [4.69, 9.17) is 11.6 Å². The Labute approximate surface area is 148 Å². The van der Waals surface area contributed by atoms with Crippen molar-refractivity contribution in [2.75, 3.05) is 18.0 Å². The molecule has 1 N–H and O–H groups in total. The largest absolute Gasteiger partial charge is 0.357 e. The summed E-state index contributed by atoms with van der Waals surface area (Å²) in [6.45, 7) is 6.64. The lowest BCUT2D eigenvalue weighted by Crippen LogP contribution is -2.27. The van der Waals surface area contributed by atoms with Gasteiger partial charge in [-0.15, -0.1) is 0 Å². The topological polar surface area (TPSA) is 45.2 Å². The van der Waals surface area contributed by atoms with E-state index in [-0.39, 0.29) is 5.91 Å². The monoisotopic (exact) mass is 345 g/mol. The van der Waals surface area contributed by atoms with Gasteiger partial charge in [-0.3, -0.25) is 4.79 Å². The maximum absolute atomic E-state index is 12.4. The fourth-order valence-corrected chi connectivity index (χ4v) is 2.63. The lowest BCUT2D eigenvalue weighted by molar-refractivity contribution is 0.0951. The van der Waals surface area contributed by atoms with Crippen molar-refractivity contribution in [3.8, 4) is 0 Å². The summed E-state index contributed by atoms with van der Waals surface area (Å²) in [7, 11) is 0. The zero-order valence-electron chi connectivity index (χ0n) is 14.3. The van der Waals surface area contributed by atoms with Gasteiger partial charge in [-0.25, -0.2) is 4.98 Å². The van der Waals surface area contributed by atoms with Gasteiger partial charge < -0.3 is 10.2 Å².